The van der Waals surface area contributed by atoms with E-state index >= 15 is 0 Å². The van der Waals surface area contributed by atoms with Gasteiger partial charge in [0.05, 0.1) is 6.04 Å². The third kappa shape index (κ3) is 3.33. The van der Waals surface area contributed by atoms with Gasteiger partial charge in [-0.05, 0) is 19.1 Å². The Morgan fingerprint density at radius 2 is 1.82 bits per heavy atom. The summed E-state index contributed by atoms with van der Waals surface area (Å²) < 4.78 is 49.8. The minimum atomic E-state index is -4.23. The van der Waals surface area contributed by atoms with Crippen molar-refractivity contribution in [3.8, 4) is 0 Å². The van der Waals surface area contributed by atoms with E-state index in [2.05, 4.69) is 5.32 Å². The van der Waals surface area contributed by atoms with E-state index in [1.54, 1.807) is 0 Å². The Labute approximate surface area is 133 Å². The van der Waals surface area contributed by atoms with Crippen molar-refractivity contribution >= 4 is 35.5 Å². The molecule has 1 aromatic rings. The van der Waals surface area contributed by atoms with E-state index in [1.807, 2.05) is 0 Å². The Hall–Kier alpha value is -1.00. The van der Waals surface area contributed by atoms with E-state index in [-0.39, 0.29) is 18.9 Å². The summed E-state index contributed by atoms with van der Waals surface area (Å²) in [6, 6.07) is 4.21. The summed E-state index contributed by atoms with van der Waals surface area (Å²) in [4.78, 5) is 10.8. The standard InChI is InChI=1S/C12H15ClN2O5S2/c1-9(16)10-8-14-6-7-15(10)22(19,20)12-5-3-2-4-11(12)21(13,17)18/h2-5,10,14H,6-8H2,1H3. The van der Waals surface area contributed by atoms with Crippen molar-refractivity contribution in [2.24, 2.45) is 0 Å². The van der Waals surface area contributed by atoms with Gasteiger partial charge in [-0.2, -0.15) is 4.31 Å². The van der Waals surface area contributed by atoms with Gasteiger partial charge >= 0.3 is 0 Å². The summed E-state index contributed by atoms with van der Waals surface area (Å²) in [5, 5.41) is 2.94. The molecule has 1 unspecified atom stereocenters. The second-order valence-electron chi connectivity index (χ2n) is 4.83. The molecule has 1 aliphatic heterocycles. The number of ketones is 1. The molecule has 1 fully saturated rings. The Morgan fingerprint density at radius 3 is 2.36 bits per heavy atom. The predicted molar refractivity (Wildman–Crippen MR) is 80.7 cm³/mol. The summed E-state index contributed by atoms with van der Waals surface area (Å²) >= 11 is 0. The second kappa shape index (κ2) is 6.25. The molecule has 1 N–H and O–H groups in total. The lowest BCUT2D eigenvalue weighted by molar-refractivity contribution is -0.120. The molecule has 0 spiro atoms. The Bertz CT molecular complexity index is 791. The zero-order chi connectivity index (χ0) is 16.5. The van der Waals surface area contributed by atoms with Crippen LogP contribution < -0.4 is 5.32 Å². The first-order chi connectivity index (χ1) is 10.2. The number of halogens is 1. The molecule has 2 rings (SSSR count). The molecule has 10 heteroatoms. The van der Waals surface area contributed by atoms with Crippen LogP contribution in [-0.2, 0) is 23.9 Å². The number of piperazine rings is 1. The highest BCUT2D eigenvalue weighted by Crippen LogP contribution is 2.28. The van der Waals surface area contributed by atoms with Crippen LogP contribution in [-0.4, -0.2) is 52.6 Å². The maximum Gasteiger partial charge on any atom is 0.262 e. The smallest absolute Gasteiger partial charge is 0.262 e. The predicted octanol–water partition coefficient (Wildman–Crippen LogP) is 0.166. The van der Waals surface area contributed by atoms with E-state index in [1.165, 1.54) is 25.1 Å². The van der Waals surface area contributed by atoms with Gasteiger partial charge in [-0.15, -0.1) is 0 Å². The topological polar surface area (TPSA) is 101 Å². The van der Waals surface area contributed by atoms with Crippen LogP contribution in [0.1, 0.15) is 6.92 Å². The van der Waals surface area contributed by atoms with Gasteiger partial charge in [0, 0.05) is 30.3 Å². The number of sulfonamides is 1. The number of hydrogen-bond acceptors (Lipinski definition) is 6. The van der Waals surface area contributed by atoms with Gasteiger partial charge in [0.25, 0.3) is 9.05 Å². The van der Waals surface area contributed by atoms with E-state index in [4.69, 9.17) is 10.7 Å². The van der Waals surface area contributed by atoms with Crippen molar-refractivity contribution in [3.05, 3.63) is 24.3 Å². The molecule has 0 radical (unpaired) electrons. The van der Waals surface area contributed by atoms with Crippen LogP contribution in [0.15, 0.2) is 34.1 Å². The summed E-state index contributed by atoms with van der Waals surface area (Å²) in [5.41, 5.74) is 0. The summed E-state index contributed by atoms with van der Waals surface area (Å²) in [5.74, 6) is -0.318. The zero-order valence-corrected chi connectivity index (χ0v) is 14.1. The third-order valence-electron chi connectivity index (χ3n) is 3.36. The van der Waals surface area contributed by atoms with Crippen LogP contribution in [0.5, 0.6) is 0 Å². The maximum absolute atomic E-state index is 12.8. The Kier molecular flexibility index (Phi) is 4.93. The highest BCUT2D eigenvalue weighted by atomic mass is 35.7. The number of Topliss-reactive ketones (excluding diaryl/α,β-unsaturated/α-hetero) is 1. The maximum atomic E-state index is 12.8. The van der Waals surface area contributed by atoms with Gasteiger partial charge in [0.2, 0.25) is 10.0 Å². The van der Waals surface area contributed by atoms with Crippen LogP contribution in [0.25, 0.3) is 0 Å². The third-order valence-corrected chi connectivity index (χ3v) is 6.84. The number of nitrogens with zero attached hydrogens (tertiary/aromatic N) is 1. The number of carbonyl (C=O) groups excluding carboxylic acids is 1. The molecule has 0 aromatic heterocycles. The van der Waals surface area contributed by atoms with Crippen molar-refractivity contribution in [1.82, 2.24) is 9.62 Å². The fourth-order valence-electron chi connectivity index (χ4n) is 2.31. The average molecular weight is 367 g/mol. The molecular formula is C12H15ClN2O5S2. The molecular weight excluding hydrogens is 352 g/mol. The lowest BCUT2D eigenvalue weighted by Gasteiger charge is -2.33. The minimum absolute atomic E-state index is 0.0727. The lowest BCUT2D eigenvalue weighted by atomic mass is 10.2. The van der Waals surface area contributed by atoms with E-state index in [9.17, 15) is 21.6 Å². The van der Waals surface area contributed by atoms with Gasteiger partial charge < -0.3 is 5.32 Å². The van der Waals surface area contributed by atoms with E-state index in [0.717, 1.165) is 10.4 Å². The molecule has 1 aromatic carbocycles. The molecule has 1 aliphatic rings. The molecule has 22 heavy (non-hydrogen) atoms. The van der Waals surface area contributed by atoms with Gasteiger partial charge in [0.1, 0.15) is 15.6 Å². The zero-order valence-electron chi connectivity index (χ0n) is 11.7. The highest BCUT2D eigenvalue weighted by molar-refractivity contribution is 8.14. The first-order valence-electron chi connectivity index (χ1n) is 6.42. The largest absolute Gasteiger partial charge is 0.313 e. The van der Waals surface area contributed by atoms with E-state index in [0.29, 0.717) is 6.54 Å². The van der Waals surface area contributed by atoms with Crippen LogP contribution >= 0.6 is 10.7 Å². The van der Waals surface area contributed by atoms with Crippen LogP contribution in [0.2, 0.25) is 0 Å². The quantitative estimate of drug-likeness (QED) is 0.762. The Balaban J connectivity index is 2.58. The summed E-state index contributed by atoms with van der Waals surface area (Å²) in [7, 11) is -3.07. The molecule has 122 valence electrons. The number of rotatable bonds is 4. The van der Waals surface area contributed by atoms with Crippen molar-refractivity contribution in [2.75, 3.05) is 19.6 Å². The normalized spacial score (nSPS) is 20.7. The molecule has 0 saturated carbocycles. The minimum Gasteiger partial charge on any atom is -0.313 e. The van der Waals surface area contributed by atoms with Gasteiger partial charge in [-0.25, -0.2) is 16.8 Å². The molecule has 0 bridgehead atoms. The fourth-order valence-corrected chi connectivity index (χ4v) is 5.76. The summed E-state index contributed by atoms with van der Waals surface area (Å²) in [6.07, 6.45) is 0. The highest BCUT2D eigenvalue weighted by Gasteiger charge is 2.38. The lowest BCUT2D eigenvalue weighted by Crippen LogP contribution is -2.56. The van der Waals surface area contributed by atoms with Crippen molar-refractivity contribution in [2.45, 2.75) is 22.8 Å². The first kappa shape index (κ1) is 17.4. The molecule has 7 nitrogen and oxygen atoms in total. The number of carbonyl (C=O) groups is 1. The second-order valence-corrected chi connectivity index (χ2v) is 9.22. The molecule has 1 heterocycles. The van der Waals surface area contributed by atoms with Gasteiger partial charge in [0.15, 0.2) is 0 Å². The van der Waals surface area contributed by atoms with Crippen LogP contribution in [0, 0.1) is 0 Å². The molecule has 1 atom stereocenters. The SMILES string of the molecule is CC(=O)C1CNCCN1S(=O)(=O)c1ccccc1S(=O)(=O)Cl. The van der Waals surface area contributed by atoms with Crippen molar-refractivity contribution in [3.63, 3.8) is 0 Å². The molecule has 1 saturated heterocycles. The van der Waals surface area contributed by atoms with Gasteiger partial charge in [-0.3, -0.25) is 4.79 Å². The molecule has 0 aliphatic carbocycles. The number of nitrogens with one attached hydrogen (secondary N) is 1. The molecule has 0 amide bonds. The van der Waals surface area contributed by atoms with E-state index < -0.39 is 34.9 Å². The van der Waals surface area contributed by atoms with Gasteiger partial charge in [-0.1, -0.05) is 12.1 Å². The van der Waals surface area contributed by atoms with Crippen molar-refractivity contribution < 1.29 is 21.6 Å². The Morgan fingerprint density at radius 1 is 1.23 bits per heavy atom. The number of hydrogen-bond donors (Lipinski definition) is 1. The average Bonchev–Trinajstić information content (AvgIpc) is 2.46. The van der Waals surface area contributed by atoms with Crippen LogP contribution in [0.4, 0.5) is 0 Å². The van der Waals surface area contributed by atoms with Crippen LogP contribution in [0.3, 0.4) is 0 Å². The van der Waals surface area contributed by atoms with Crippen molar-refractivity contribution in [1.29, 1.82) is 0 Å². The summed E-state index contributed by atoms with van der Waals surface area (Å²) in [6.45, 7) is 1.93. The monoisotopic (exact) mass is 366 g/mol. The first-order valence-corrected chi connectivity index (χ1v) is 10.2. The number of benzene rings is 1. The fraction of sp³-hybridized carbons (Fsp3) is 0.417.